The fourth-order valence-corrected chi connectivity index (χ4v) is 2.62. The van der Waals surface area contributed by atoms with Crippen LogP contribution in [0.25, 0.3) is 0 Å². The number of nitrogens with zero attached hydrogens (tertiary/aromatic N) is 4. The molecule has 0 fully saturated rings. The van der Waals surface area contributed by atoms with Crippen LogP contribution < -0.4 is 5.32 Å². The molecule has 0 aromatic carbocycles. The van der Waals surface area contributed by atoms with Gasteiger partial charge in [-0.2, -0.15) is 5.10 Å². The van der Waals surface area contributed by atoms with E-state index in [4.69, 9.17) is 0 Å². The molecule has 0 radical (unpaired) electrons. The molecular formula is C14H21N5OS. The maximum Gasteiger partial charge on any atom is 0.228 e. The van der Waals surface area contributed by atoms with Gasteiger partial charge in [-0.15, -0.1) is 11.3 Å². The largest absolute Gasteiger partial charge is 0.348 e. The van der Waals surface area contributed by atoms with Crippen molar-refractivity contribution in [1.82, 2.24) is 25.0 Å². The number of thiazole rings is 1. The summed E-state index contributed by atoms with van der Waals surface area (Å²) in [5, 5.41) is 10.5. The Morgan fingerprint density at radius 1 is 1.52 bits per heavy atom. The van der Waals surface area contributed by atoms with E-state index in [1.54, 1.807) is 25.2 Å². The number of carbonyl (C=O) groups is 1. The van der Waals surface area contributed by atoms with Crippen molar-refractivity contribution in [2.75, 3.05) is 14.1 Å². The van der Waals surface area contributed by atoms with E-state index in [9.17, 15) is 4.79 Å². The normalized spacial score (nSPS) is 12.3. The molecule has 1 atom stereocenters. The van der Waals surface area contributed by atoms with Crippen LogP contribution in [0.2, 0.25) is 0 Å². The second kappa shape index (κ2) is 7.33. The predicted molar refractivity (Wildman–Crippen MR) is 83.0 cm³/mol. The Labute approximate surface area is 128 Å². The van der Waals surface area contributed by atoms with E-state index in [2.05, 4.69) is 22.3 Å². The number of aromatic nitrogens is 3. The van der Waals surface area contributed by atoms with Crippen molar-refractivity contribution >= 4 is 17.2 Å². The molecule has 2 rings (SSSR count). The topological polar surface area (TPSA) is 63.1 Å². The zero-order chi connectivity index (χ0) is 15.2. The lowest BCUT2D eigenvalue weighted by Gasteiger charge is -2.12. The third-order valence-electron chi connectivity index (χ3n) is 3.05. The van der Waals surface area contributed by atoms with Crippen LogP contribution in [0, 0.1) is 0 Å². The molecule has 0 aliphatic heterocycles. The Morgan fingerprint density at radius 2 is 2.33 bits per heavy atom. The van der Waals surface area contributed by atoms with Gasteiger partial charge in [0.15, 0.2) is 0 Å². The quantitative estimate of drug-likeness (QED) is 0.833. The zero-order valence-corrected chi connectivity index (χ0v) is 13.4. The van der Waals surface area contributed by atoms with Crippen LogP contribution in [0.15, 0.2) is 23.8 Å². The molecule has 114 valence electrons. The summed E-state index contributed by atoms with van der Waals surface area (Å²) in [6, 6.07) is 2.22. The van der Waals surface area contributed by atoms with E-state index in [0.29, 0.717) is 19.0 Å². The summed E-state index contributed by atoms with van der Waals surface area (Å²) in [5.74, 6) is 0.0795. The van der Waals surface area contributed by atoms with Crippen LogP contribution >= 0.6 is 11.3 Å². The van der Waals surface area contributed by atoms with Gasteiger partial charge in [-0.3, -0.25) is 9.48 Å². The van der Waals surface area contributed by atoms with E-state index >= 15 is 0 Å². The number of carbonyl (C=O) groups excluding carboxylic acids is 1. The van der Waals surface area contributed by atoms with E-state index in [1.807, 2.05) is 22.3 Å². The van der Waals surface area contributed by atoms with Crippen LogP contribution in [-0.4, -0.2) is 45.7 Å². The number of rotatable bonds is 7. The zero-order valence-electron chi connectivity index (χ0n) is 12.6. The monoisotopic (exact) mass is 307 g/mol. The summed E-state index contributed by atoms with van der Waals surface area (Å²) < 4.78 is 1.90. The van der Waals surface area contributed by atoms with Crippen LogP contribution in [0.5, 0.6) is 0 Å². The highest BCUT2D eigenvalue weighted by atomic mass is 32.1. The SMILES string of the molecule is C[C@@H](Cn1cccn1)NCc1csc(CC(=O)N(C)C)n1. The van der Waals surface area contributed by atoms with Gasteiger partial charge in [0.25, 0.3) is 0 Å². The highest BCUT2D eigenvalue weighted by molar-refractivity contribution is 7.09. The average molecular weight is 307 g/mol. The predicted octanol–water partition coefficient (Wildman–Crippen LogP) is 1.15. The van der Waals surface area contributed by atoms with E-state index in [1.165, 1.54) is 11.3 Å². The molecule has 1 amide bonds. The molecule has 0 bridgehead atoms. The van der Waals surface area contributed by atoms with Crippen LogP contribution in [0.1, 0.15) is 17.6 Å². The fraction of sp³-hybridized carbons (Fsp3) is 0.500. The Morgan fingerprint density at radius 3 is 3.00 bits per heavy atom. The van der Waals surface area contributed by atoms with Crippen LogP contribution in [-0.2, 0) is 24.3 Å². The van der Waals surface area contributed by atoms with E-state index in [0.717, 1.165) is 17.2 Å². The lowest BCUT2D eigenvalue weighted by Crippen LogP contribution is -2.30. The van der Waals surface area contributed by atoms with Crippen molar-refractivity contribution in [1.29, 1.82) is 0 Å². The van der Waals surface area contributed by atoms with Gasteiger partial charge in [0.1, 0.15) is 5.01 Å². The van der Waals surface area contributed by atoms with Gasteiger partial charge in [0, 0.05) is 44.5 Å². The summed E-state index contributed by atoms with van der Waals surface area (Å²) >= 11 is 1.54. The second-order valence-electron chi connectivity index (χ2n) is 5.21. The van der Waals surface area contributed by atoms with Gasteiger partial charge in [-0.05, 0) is 13.0 Å². The number of nitrogens with one attached hydrogen (secondary N) is 1. The van der Waals surface area contributed by atoms with Crippen molar-refractivity contribution in [3.8, 4) is 0 Å². The Kier molecular flexibility index (Phi) is 5.46. The molecular weight excluding hydrogens is 286 g/mol. The summed E-state index contributed by atoms with van der Waals surface area (Å²) in [7, 11) is 3.52. The average Bonchev–Trinajstić information content (AvgIpc) is 3.08. The minimum Gasteiger partial charge on any atom is -0.348 e. The smallest absolute Gasteiger partial charge is 0.228 e. The minimum atomic E-state index is 0.0795. The highest BCUT2D eigenvalue weighted by Crippen LogP contribution is 2.11. The van der Waals surface area contributed by atoms with Gasteiger partial charge in [-0.25, -0.2) is 4.98 Å². The van der Waals surface area contributed by atoms with Gasteiger partial charge in [-0.1, -0.05) is 0 Å². The molecule has 2 aromatic rings. The summed E-state index contributed by atoms with van der Waals surface area (Å²) in [6.45, 7) is 3.64. The molecule has 0 aliphatic rings. The fourth-order valence-electron chi connectivity index (χ4n) is 1.83. The first kappa shape index (κ1) is 15.7. The van der Waals surface area contributed by atoms with Crippen molar-refractivity contribution < 1.29 is 4.79 Å². The van der Waals surface area contributed by atoms with Gasteiger partial charge < -0.3 is 10.2 Å². The summed E-state index contributed by atoms with van der Waals surface area (Å²) in [5.41, 5.74) is 0.980. The van der Waals surface area contributed by atoms with E-state index < -0.39 is 0 Å². The molecule has 21 heavy (non-hydrogen) atoms. The van der Waals surface area contributed by atoms with Crippen LogP contribution in [0.4, 0.5) is 0 Å². The maximum atomic E-state index is 11.6. The maximum absolute atomic E-state index is 11.6. The van der Waals surface area contributed by atoms with Gasteiger partial charge in [0.2, 0.25) is 5.91 Å². The molecule has 2 aromatic heterocycles. The van der Waals surface area contributed by atoms with Gasteiger partial charge >= 0.3 is 0 Å². The highest BCUT2D eigenvalue weighted by Gasteiger charge is 2.10. The van der Waals surface area contributed by atoms with Crippen molar-refractivity contribution in [2.45, 2.75) is 32.5 Å². The minimum absolute atomic E-state index is 0.0795. The first-order valence-electron chi connectivity index (χ1n) is 6.89. The lowest BCUT2D eigenvalue weighted by molar-refractivity contribution is -0.127. The number of likely N-dealkylation sites (N-methyl/N-ethyl adjacent to an activating group) is 1. The number of hydrogen-bond donors (Lipinski definition) is 1. The molecule has 0 saturated heterocycles. The molecule has 6 nitrogen and oxygen atoms in total. The Bertz CT molecular complexity index is 564. The lowest BCUT2D eigenvalue weighted by atomic mass is 10.3. The number of hydrogen-bond acceptors (Lipinski definition) is 5. The summed E-state index contributed by atoms with van der Waals surface area (Å²) in [4.78, 5) is 17.7. The third kappa shape index (κ3) is 4.95. The van der Waals surface area contributed by atoms with Gasteiger partial charge in [0.05, 0.1) is 18.7 Å². The first-order chi connectivity index (χ1) is 10.0. The number of amides is 1. The second-order valence-corrected chi connectivity index (χ2v) is 6.15. The van der Waals surface area contributed by atoms with Crippen molar-refractivity contribution in [3.05, 3.63) is 34.5 Å². The standard InChI is InChI=1S/C14H21N5OS/c1-11(9-19-6-4-5-16-19)15-8-12-10-21-13(17-12)7-14(20)18(2)3/h4-6,10-11,15H,7-9H2,1-3H3/t11-/m0/s1. The molecule has 0 aliphatic carbocycles. The third-order valence-corrected chi connectivity index (χ3v) is 3.95. The van der Waals surface area contributed by atoms with Crippen molar-refractivity contribution in [3.63, 3.8) is 0 Å². The molecule has 0 saturated carbocycles. The van der Waals surface area contributed by atoms with Crippen LogP contribution in [0.3, 0.4) is 0 Å². The Hall–Kier alpha value is -1.73. The molecule has 7 heteroatoms. The van der Waals surface area contributed by atoms with Crippen molar-refractivity contribution in [2.24, 2.45) is 0 Å². The molecule has 0 unspecified atom stereocenters. The first-order valence-corrected chi connectivity index (χ1v) is 7.77. The summed E-state index contributed by atoms with van der Waals surface area (Å²) in [6.07, 6.45) is 4.10. The molecule has 1 N–H and O–H groups in total. The Balaban J connectivity index is 1.78. The van der Waals surface area contributed by atoms with E-state index in [-0.39, 0.29) is 5.91 Å². The molecule has 0 spiro atoms. The molecule has 2 heterocycles.